The van der Waals surface area contributed by atoms with Crippen molar-refractivity contribution in [1.82, 2.24) is 24.9 Å². The van der Waals surface area contributed by atoms with Crippen LogP contribution in [0.5, 0.6) is 5.75 Å². The standard InChI is InChI=1S/C25H24F3N5O2/c1-31-23(13-8-18(26)22(28)19(27)9-13)16-10-14-4-3-5-20(30-14)24(16)33(31)25(34)17-11-29-32-12-15(35-2)6-7-21(17)32/h6-9,11-12,14,20,23,30H,3-5,10H2,1-2H3/t14-,20+,23?/m1/s1. The lowest BCUT2D eigenvalue weighted by molar-refractivity contribution is 0.0211. The summed E-state index contributed by atoms with van der Waals surface area (Å²) in [6, 6.07) is 5.14. The van der Waals surface area contributed by atoms with Gasteiger partial charge in [-0.15, -0.1) is 0 Å². The number of piperidine rings is 1. The molecule has 2 aromatic heterocycles. The normalized spacial score (nSPS) is 24.3. The highest BCUT2D eigenvalue weighted by Gasteiger charge is 2.48. The van der Waals surface area contributed by atoms with E-state index in [4.69, 9.17) is 4.74 Å². The first kappa shape index (κ1) is 22.1. The number of methoxy groups -OCH3 is 1. The zero-order valence-corrected chi connectivity index (χ0v) is 19.3. The van der Waals surface area contributed by atoms with Crippen molar-refractivity contribution >= 4 is 11.4 Å². The maximum Gasteiger partial charge on any atom is 0.276 e. The van der Waals surface area contributed by atoms with Crippen LogP contribution in [0.15, 0.2) is 47.9 Å². The molecule has 2 bridgehead atoms. The number of rotatable bonds is 3. The van der Waals surface area contributed by atoms with Gasteiger partial charge in [0.25, 0.3) is 5.91 Å². The molecule has 0 spiro atoms. The molecule has 10 heteroatoms. The quantitative estimate of drug-likeness (QED) is 0.572. The molecule has 1 unspecified atom stereocenters. The molecule has 1 amide bonds. The largest absolute Gasteiger partial charge is 0.495 e. The summed E-state index contributed by atoms with van der Waals surface area (Å²) in [5.74, 6) is -3.68. The van der Waals surface area contributed by atoms with Crippen molar-refractivity contribution in [3.8, 4) is 5.75 Å². The summed E-state index contributed by atoms with van der Waals surface area (Å²) in [6.45, 7) is 0. The Labute approximate surface area is 199 Å². The highest BCUT2D eigenvalue weighted by molar-refractivity contribution is 6.01. The number of pyridine rings is 1. The van der Waals surface area contributed by atoms with Gasteiger partial charge in [-0.3, -0.25) is 4.79 Å². The Morgan fingerprint density at radius 1 is 1.17 bits per heavy atom. The van der Waals surface area contributed by atoms with Crippen LogP contribution in [0, 0.1) is 17.5 Å². The highest BCUT2D eigenvalue weighted by atomic mass is 19.2. The van der Waals surface area contributed by atoms with Gasteiger partial charge in [-0.1, -0.05) is 0 Å². The van der Waals surface area contributed by atoms with Crippen LogP contribution in [0.2, 0.25) is 0 Å². The van der Waals surface area contributed by atoms with Gasteiger partial charge in [0.2, 0.25) is 0 Å². The van der Waals surface area contributed by atoms with Crippen molar-refractivity contribution in [3.05, 3.63) is 76.5 Å². The Morgan fingerprint density at radius 2 is 1.94 bits per heavy atom. The average molecular weight is 483 g/mol. The van der Waals surface area contributed by atoms with E-state index in [1.807, 2.05) is 0 Å². The second kappa shape index (κ2) is 8.10. The first-order valence-corrected chi connectivity index (χ1v) is 11.6. The first-order chi connectivity index (χ1) is 16.9. The van der Waals surface area contributed by atoms with Gasteiger partial charge in [-0.05, 0) is 61.1 Å². The van der Waals surface area contributed by atoms with Gasteiger partial charge in [-0.25, -0.2) is 27.7 Å². The number of nitrogens with zero attached hydrogens (tertiary/aromatic N) is 4. The Hall–Kier alpha value is -3.37. The number of amides is 1. The molecule has 0 radical (unpaired) electrons. The third kappa shape index (κ3) is 3.35. The van der Waals surface area contributed by atoms with Crippen molar-refractivity contribution in [2.24, 2.45) is 0 Å². The average Bonchev–Trinajstić information content (AvgIpc) is 3.40. The van der Waals surface area contributed by atoms with Crippen molar-refractivity contribution < 1.29 is 22.7 Å². The molecule has 0 aliphatic carbocycles. The van der Waals surface area contributed by atoms with Gasteiger partial charge in [0.1, 0.15) is 5.75 Å². The Bertz CT molecular complexity index is 1360. The van der Waals surface area contributed by atoms with E-state index in [1.54, 1.807) is 47.0 Å². The lowest BCUT2D eigenvalue weighted by atomic mass is 9.81. The molecular formula is C25H24F3N5O2. The van der Waals surface area contributed by atoms with Crippen LogP contribution in [0.25, 0.3) is 5.52 Å². The van der Waals surface area contributed by atoms with Gasteiger partial charge < -0.3 is 10.1 Å². The number of hydrazine groups is 1. The third-order valence-corrected chi connectivity index (χ3v) is 7.32. The monoisotopic (exact) mass is 483 g/mol. The lowest BCUT2D eigenvalue weighted by Crippen LogP contribution is -2.51. The number of ether oxygens (including phenoxy) is 1. The number of likely N-dealkylation sites (N-methyl/N-ethyl adjacent to an activating group) is 1. The summed E-state index contributed by atoms with van der Waals surface area (Å²) in [4.78, 5) is 14.0. The second-order valence-electron chi connectivity index (χ2n) is 9.31. The molecule has 0 saturated carbocycles. The van der Waals surface area contributed by atoms with Crippen LogP contribution < -0.4 is 10.1 Å². The van der Waals surface area contributed by atoms with E-state index in [9.17, 15) is 18.0 Å². The van der Waals surface area contributed by atoms with E-state index in [0.717, 1.165) is 42.7 Å². The number of hydrogen-bond donors (Lipinski definition) is 1. The molecule has 3 aromatic rings. The number of carbonyl (C=O) groups is 1. The Kier molecular flexibility index (Phi) is 5.12. The van der Waals surface area contributed by atoms with Crippen LogP contribution in [0.1, 0.15) is 47.6 Å². The summed E-state index contributed by atoms with van der Waals surface area (Å²) in [7, 11) is 3.28. The predicted octanol–water partition coefficient (Wildman–Crippen LogP) is 3.97. The van der Waals surface area contributed by atoms with E-state index in [1.165, 1.54) is 6.20 Å². The van der Waals surface area contributed by atoms with Gasteiger partial charge in [0.05, 0.1) is 42.3 Å². The van der Waals surface area contributed by atoms with Crippen molar-refractivity contribution in [1.29, 1.82) is 0 Å². The zero-order chi connectivity index (χ0) is 24.4. The lowest BCUT2D eigenvalue weighted by Gasteiger charge is -2.39. The second-order valence-corrected chi connectivity index (χ2v) is 9.31. The maximum atomic E-state index is 14.2. The molecule has 6 rings (SSSR count). The molecule has 1 N–H and O–H groups in total. The van der Waals surface area contributed by atoms with Crippen LogP contribution in [-0.2, 0) is 0 Å². The van der Waals surface area contributed by atoms with Crippen LogP contribution >= 0.6 is 0 Å². The van der Waals surface area contributed by atoms with Gasteiger partial charge in [-0.2, -0.15) is 5.10 Å². The van der Waals surface area contributed by atoms with Crippen molar-refractivity contribution in [3.63, 3.8) is 0 Å². The molecule has 1 saturated heterocycles. The maximum absolute atomic E-state index is 14.2. The molecule has 7 nitrogen and oxygen atoms in total. The molecule has 1 fully saturated rings. The molecule has 35 heavy (non-hydrogen) atoms. The van der Waals surface area contributed by atoms with Gasteiger partial charge in [0.15, 0.2) is 17.5 Å². The smallest absolute Gasteiger partial charge is 0.276 e. The summed E-state index contributed by atoms with van der Waals surface area (Å²) < 4.78 is 49.0. The van der Waals surface area contributed by atoms with E-state index in [2.05, 4.69) is 10.4 Å². The topological polar surface area (TPSA) is 62.1 Å². The minimum atomic E-state index is -1.50. The van der Waals surface area contributed by atoms with E-state index in [0.29, 0.717) is 23.3 Å². The number of nitrogens with one attached hydrogen (secondary N) is 1. The van der Waals surface area contributed by atoms with E-state index < -0.39 is 23.5 Å². The number of halogens is 3. The number of fused-ring (bicyclic) bond motifs is 4. The fourth-order valence-electron chi connectivity index (χ4n) is 5.80. The molecule has 5 heterocycles. The van der Waals surface area contributed by atoms with E-state index in [-0.39, 0.29) is 23.6 Å². The minimum Gasteiger partial charge on any atom is -0.495 e. The SMILES string of the molecule is COc1ccc2c(C(=O)N3C4=C(C[C@H]5CCC[C@@H]4N5)C(c4cc(F)c(F)c(F)c4)N3C)cnn2c1. The van der Waals surface area contributed by atoms with E-state index >= 15 is 0 Å². The summed E-state index contributed by atoms with van der Waals surface area (Å²) in [6.07, 6.45) is 6.68. The predicted molar refractivity (Wildman–Crippen MR) is 121 cm³/mol. The Balaban J connectivity index is 1.47. The molecular weight excluding hydrogens is 459 g/mol. The fourth-order valence-corrected chi connectivity index (χ4v) is 5.80. The molecule has 3 aliphatic rings. The zero-order valence-electron chi connectivity index (χ0n) is 19.3. The number of aromatic nitrogens is 2. The third-order valence-electron chi connectivity index (χ3n) is 7.32. The minimum absolute atomic E-state index is 0.0639. The first-order valence-electron chi connectivity index (χ1n) is 11.6. The summed E-state index contributed by atoms with van der Waals surface area (Å²) in [5, 5.41) is 11.2. The van der Waals surface area contributed by atoms with Crippen LogP contribution in [0.4, 0.5) is 13.2 Å². The van der Waals surface area contributed by atoms with Crippen LogP contribution in [-0.4, -0.2) is 51.8 Å². The fraction of sp³-hybridized carbons (Fsp3) is 0.360. The molecule has 1 aromatic carbocycles. The van der Waals surface area contributed by atoms with Crippen molar-refractivity contribution in [2.75, 3.05) is 14.2 Å². The molecule has 3 atom stereocenters. The van der Waals surface area contributed by atoms with Gasteiger partial charge >= 0.3 is 0 Å². The van der Waals surface area contributed by atoms with Crippen LogP contribution in [0.3, 0.4) is 0 Å². The number of carbonyl (C=O) groups excluding carboxylic acids is 1. The Morgan fingerprint density at radius 3 is 2.69 bits per heavy atom. The summed E-state index contributed by atoms with van der Waals surface area (Å²) in [5.41, 5.74) is 3.01. The summed E-state index contributed by atoms with van der Waals surface area (Å²) >= 11 is 0. The van der Waals surface area contributed by atoms with Crippen molar-refractivity contribution in [2.45, 2.75) is 43.8 Å². The van der Waals surface area contributed by atoms with Gasteiger partial charge in [0, 0.05) is 19.1 Å². The molecule has 182 valence electrons. The number of benzene rings is 1. The molecule has 3 aliphatic heterocycles. The number of hydrogen-bond acceptors (Lipinski definition) is 5. The highest BCUT2D eigenvalue weighted by Crippen LogP contribution is 2.47.